The molecule has 1 heterocycles. The van der Waals surface area contributed by atoms with E-state index in [9.17, 15) is 8.42 Å². The Bertz CT molecular complexity index is 574. The second-order valence-corrected chi connectivity index (χ2v) is 7.24. The van der Waals surface area contributed by atoms with Crippen LogP contribution in [0.4, 0.5) is 0 Å². The molecule has 21 heavy (non-hydrogen) atoms. The molecule has 7 heteroatoms. The number of hydrogen-bond donors (Lipinski definition) is 1. The zero-order chi connectivity index (χ0) is 15.5. The summed E-state index contributed by atoms with van der Waals surface area (Å²) in [5.74, 6) is 2.20. The number of benzene rings is 1. The van der Waals surface area contributed by atoms with Gasteiger partial charge in [0.15, 0.2) is 21.3 Å². The molecule has 1 aliphatic rings. The van der Waals surface area contributed by atoms with E-state index in [1.54, 1.807) is 21.3 Å². The van der Waals surface area contributed by atoms with E-state index in [1.165, 1.54) is 0 Å². The minimum Gasteiger partial charge on any atom is -0.493 e. The summed E-state index contributed by atoms with van der Waals surface area (Å²) < 4.78 is 38.7. The molecule has 118 valence electrons. The molecule has 1 fully saturated rings. The van der Waals surface area contributed by atoms with Crippen molar-refractivity contribution in [2.75, 3.05) is 32.8 Å². The van der Waals surface area contributed by atoms with Crippen LogP contribution in [-0.2, 0) is 16.4 Å². The van der Waals surface area contributed by atoms with E-state index in [0.717, 1.165) is 5.56 Å². The molecule has 1 aromatic carbocycles. The fourth-order valence-electron chi connectivity index (χ4n) is 2.46. The Labute approximate surface area is 125 Å². The molecule has 6 nitrogen and oxygen atoms in total. The van der Waals surface area contributed by atoms with E-state index < -0.39 is 9.84 Å². The van der Waals surface area contributed by atoms with Crippen molar-refractivity contribution < 1.29 is 22.6 Å². The van der Waals surface area contributed by atoms with Crippen LogP contribution in [0.15, 0.2) is 12.1 Å². The maximum absolute atomic E-state index is 11.4. The Hall–Kier alpha value is -1.47. The first kappa shape index (κ1) is 15.9. The van der Waals surface area contributed by atoms with Crippen LogP contribution in [0.5, 0.6) is 17.2 Å². The Balaban J connectivity index is 2.10. The zero-order valence-corrected chi connectivity index (χ0v) is 13.3. The molecule has 0 unspecified atom stereocenters. The van der Waals surface area contributed by atoms with Crippen LogP contribution in [0.3, 0.4) is 0 Å². The fraction of sp³-hybridized carbons (Fsp3) is 0.571. The summed E-state index contributed by atoms with van der Waals surface area (Å²) in [6.07, 6.45) is 0.659. The van der Waals surface area contributed by atoms with Crippen molar-refractivity contribution in [3.8, 4) is 17.2 Å². The van der Waals surface area contributed by atoms with E-state index in [-0.39, 0.29) is 17.5 Å². The third kappa shape index (κ3) is 3.79. The van der Waals surface area contributed by atoms with Gasteiger partial charge in [-0.1, -0.05) is 0 Å². The number of hydrogen-bond acceptors (Lipinski definition) is 6. The quantitative estimate of drug-likeness (QED) is 0.844. The van der Waals surface area contributed by atoms with Crippen LogP contribution in [-0.4, -0.2) is 47.3 Å². The maximum atomic E-state index is 11.4. The van der Waals surface area contributed by atoms with Gasteiger partial charge >= 0.3 is 0 Å². The van der Waals surface area contributed by atoms with Gasteiger partial charge in [-0.15, -0.1) is 0 Å². The molecule has 1 aliphatic heterocycles. The Kier molecular flexibility index (Phi) is 4.95. The van der Waals surface area contributed by atoms with Gasteiger partial charge in [-0.2, -0.15) is 0 Å². The molecular weight excluding hydrogens is 294 g/mol. The largest absolute Gasteiger partial charge is 0.493 e. The van der Waals surface area contributed by atoms with Gasteiger partial charge in [0.2, 0.25) is 5.75 Å². The van der Waals surface area contributed by atoms with Crippen LogP contribution in [0, 0.1) is 0 Å². The lowest BCUT2D eigenvalue weighted by molar-refractivity contribution is 0.323. The van der Waals surface area contributed by atoms with Gasteiger partial charge in [0, 0.05) is 12.6 Å². The highest BCUT2D eigenvalue weighted by molar-refractivity contribution is 7.91. The average Bonchev–Trinajstić information content (AvgIpc) is 2.83. The average molecular weight is 315 g/mol. The summed E-state index contributed by atoms with van der Waals surface area (Å²) in [6.45, 7) is 0.552. The first-order valence-electron chi connectivity index (χ1n) is 6.71. The lowest BCUT2D eigenvalue weighted by Gasteiger charge is -2.16. The number of ether oxygens (including phenoxy) is 3. The minimum atomic E-state index is -2.87. The van der Waals surface area contributed by atoms with E-state index in [0.29, 0.717) is 30.2 Å². The monoisotopic (exact) mass is 315 g/mol. The Morgan fingerprint density at radius 3 is 2.19 bits per heavy atom. The molecule has 0 spiro atoms. The van der Waals surface area contributed by atoms with Crippen molar-refractivity contribution in [1.82, 2.24) is 5.32 Å². The van der Waals surface area contributed by atoms with Crippen molar-refractivity contribution in [2.45, 2.75) is 19.0 Å². The second-order valence-electron chi connectivity index (χ2n) is 5.01. The molecule has 0 radical (unpaired) electrons. The zero-order valence-electron chi connectivity index (χ0n) is 12.5. The summed E-state index contributed by atoms with van der Waals surface area (Å²) >= 11 is 0. The lowest BCUT2D eigenvalue weighted by Crippen LogP contribution is -2.29. The van der Waals surface area contributed by atoms with Gasteiger partial charge in [0.1, 0.15) is 0 Å². The van der Waals surface area contributed by atoms with Crippen LogP contribution in [0.25, 0.3) is 0 Å². The molecule has 0 aromatic heterocycles. The first-order chi connectivity index (χ1) is 9.99. The highest BCUT2D eigenvalue weighted by Gasteiger charge is 2.27. The van der Waals surface area contributed by atoms with E-state index in [4.69, 9.17) is 14.2 Å². The van der Waals surface area contributed by atoms with Gasteiger partial charge in [-0.3, -0.25) is 0 Å². The van der Waals surface area contributed by atoms with Crippen molar-refractivity contribution in [2.24, 2.45) is 0 Å². The smallest absolute Gasteiger partial charge is 0.203 e. The van der Waals surface area contributed by atoms with Crippen molar-refractivity contribution in [3.05, 3.63) is 17.7 Å². The van der Waals surface area contributed by atoms with Crippen LogP contribution < -0.4 is 19.5 Å². The molecule has 1 aromatic rings. The molecule has 0 aliphatic carbocycles. The van der Waals surface area contributed by atoms with Gasteiger partial charge < -0.3 is 19.5 Å². The fourth-order valence-corrected chi connectivity index (χ4v) is 4.16. The standard InChI is InChI=1S/C14H21NO5S/c1-18-12-6-10(7-13(19-2)14(12)20-3)8-15-11-4-5-21(16,17)9-11/h6-7,11,15H,4-5,8-9H2,1-3H3/t11-/m1/s1. The predicted molar refractivity (Wildman–Crippen MR) is 80.0 cm³/mol. The van der Waals surface area contributed by atoms with Crippen LogP contribution >= 0.6 is 0 Å². The Morgan fingerprint density at radius 1 is 1.14 bits per heavy atom. The van der Waals surface area contributed by atoms with Gasteiger partial charge in [0.25, 0.3) is 0 Å². The molecule has 1 N–H and O–H groups in total. The van der Waals surface area contributed by atoms with Crippen LogP contribution in [0.2, 0.25) is 0 Å². The summed E-state index contributed by atoms with van der Waals surface area (Å²) in [4.78, 5) is 0. The summed E-state index contributed by atoms with van der Waals surface area (Å²) in [6, 6.07) is 3.73. The highest BCUT2D eigenvalue weighted by atomic mass is 32.2. The molecule has 0 saturated carbocycles. The topological polar surface area (TPSA) is 73.9 Å². The summed E-state index contributed by atoms with van der Waals surface area (Å²) in [7, 11) is 1.82. The van der Waals surface area contributed by atoms with Crippen LogP contribution in [0.1, 0.15) is 12.0 Å². The van der Waals surface area contributed by atoms with Gasteiger partial charge in [-0.05, 0) is 24.1 Å². The second kappa shape index (κ2) is 6.53. The van der Waals surface area contributed by atoms with Gasteiger partial charge in [0.05, 0.1) is 32.8 Å². The predicted octanol–water partition coefficient (Wildman–Crippen LogP) is 0.989. The number of rotatable bonds is 6. The molecule has 1 saturated heterocycles. The summed E-state index contributed by atoms with van der Waals surface area (Å²) in [5.41, 5.74) is 0.953. The van der Waals surface area contributed by atoms with Crippen molar-refractivity contribution in [1.29, 1.82) is 0 Å². The first-order valence-corrected chi connectivity index (χ1v) is 8.54. The summed E-state index contributed by atoms with van der Waals surface area (Å²) in [5, 5.41) is 3.26. The molecule has 0 bridgehead atoms. The van der Waals surface area contributed by atoms with Crippen molar-refractivity contribution >= 4 is 9.84 Å². The number of sulfone groups is 1. The SMILES string of the molecule is COc1cc(CN[C@@H]2CCS(=O)(=O)C2)cc(OC)c1OC. The molecule has 1 atom stereocenters. The van der Waals surface area contributed by atoms with E-state index in [1.807, 2.05) is 12.1 Å². The molecule has 2 rings (SSSR count). The normalized spacial score (nSPS) is 20.2. The Morgan fingerprint density at radius 2 is 1.76 bits per heavy atom. The van der Waals surface area contributed by atoms with E-state index >= 15 is 0 Å². The highest BCUT2D eigenvalue weighted by Crippen LogP contribution is 2.38. The van der Waals surface area contributed by atoms with E-state index in [2.05, 4.69) is 5.32 Å². The van der Waals surface area contributed by atoms with Crippen molar-refractivity contribution in [3.63, 3.8) is 0 Å². The lowest BCUT2D eigenvalue weighted by atomic mass is 10.1. The molecule has 0 amide bonds. The molecular formula is C14H21NO5S. The maximum Gasteiger partial charge on any atom is 0.203 e. The number of methoxy groups -OCH3 is 3. The van der Waals surface area contributed by atoms with Gasteiger partial charge in [-0.25, -0.2) is 8.42 Å². The third-order valence-electron chi connectivity index (χ3n) is 3.55. The number of nitrogens with one attached hydrogen (secondary N) is 1. The minimum absolute atomic E-state index is 0.00842. The third-order valence-corrected chi connectivity index (χ3v) is 5.32.